The molecule has 0 N–H and O–H groups in total. The SMILES string of the molecule is Cc1ccc(-c2cc(C(=O)N(Cc3ccccc3)C3CCS(=O)(=O)C3)no2)cc1F. The van der Waals surface area contributed by atoms with E-state index in [-0.39, 0.29) is 35.3 Å². The summed E-state index contributed by atoms with van der Waals surface area (Å²) in [5.41, 5.74) is 1.93. The highest BCUT2D eigenvalue weighted by Gasteiger charge is 2.36. The maximum absolute atomic E-state index is 13.9. The van der Waals surface area contributed by atoms with Gasteiger partial charge in [-0.1, -0.05) is 47.6 Å². The second-order valence-corrected chi connectivity index (χ2v) is 9.74. The molecule has 156 valence electrons. The summed E-state index contributed by atoms with van der Waals surface area (Å²) in [5, 5.41) is 3.88. The van der Waals surface area contributed by atoms with Gasteiger partial charge in [-0.2, -0.15) is 0 Å². The summed E-state index contributed by atoms with van der Waals surface area (Å²) in [6.07, 6.45) is 0.384. The standard InChI is InChI=1S/C22H21FN2O4S/c1-15-7-8-17(11-19(15)23)21-12-20(24-29-21)22(26)25(13-16-5-3-2-4-6-16)18-9-10-30(27,28)14-18/h2-8,11-12,18H,9-10,13-14H2,1H3. The molecule has 0 saturated carbocycles. The highest BCUT2D eigenvalue weighted by atomic mass is 32.2. The fourth-order valence-corrected chi connectivity index (χ4v) is 5.30. The molecular weight excluding hydrogens is 407 g/mol. The Balaban J connectivity index is 1.63. The molecule has 1 amide bonds. The van der Waals surface area contributed by atoms with Crippen molar-refractivity contribution in [1.29, 1.82) is 0 Å². The van der Waals surface area contributed by atoms with Crippen LogP contribution in [0.25, 0.3) is 11.3 Å². The summed E-state index contributed by atoms with van der Waals surface area (Å²) in [5.74, 6) is -0.527. The van der Waals surface area contributed by atoms with Crippen LogP contribution in [0.15, 0.2) is 59.1 Å². The van der Waals surface area contributed by atoms with E-state index in [2.05, 4.69) is 5.16 Å². The number of amides is 1. The van der Waals surface area contributed by atoms with Crippen molar-refractivity contribution in [3.05, 3.63) is 77.2 Å². The molecule has 8 heteroatoms. The number of carbonyl (C=O) groups excluding carboxylic acids is 1. The molecule has 1 aliphatic rings. The van der Waals surface area contributed by atoms with E-state index >= 15 is 0 Å². The van der Waals surface area contributed by atoms with Gasteiger partial charge in [0, 0.05) is 24.2 Å². The van der Waals surface area contributed by atoms with Crippen LogP contribution in [0, 0.1) is 12.7 Å². The van der Waals surface area contributed by atoms with Crippen LogP contribution >= 0.6 is 0 Å². The van der Waals surface area contributed by atoms with E-state index in [1.807, 2.05) is 30.3 Å². The van der Waals surface area contributed by atoms with Gasteiger partial charge in [0.05, 0.1) is 11.5 Å². The smallest absolute Gasteiger partial charge is 0.276 e. The molecule has 1 saturated heterocycles. The third-order valence-electron chi connectivity index (χ3n) is 5.29. The summed E-state index contributed by atoms with van der Waals surface area (Å²) < 4.78 is 43.2. The van der Waals surface area contributed by atoms with Gasteiger partial charge in [-0.15, -0.1) is 0 Å². The van der Waals surface area contributed by atoms with E-state index in [1.165, 1.54) is 17.0 Å². The van der Waals surface area contributed by atoms with Gasteiger partial charge in [0.1, 0.15) is 5.82 Å². The van der Waals surface area contributed by atoms with Crippen molar-refractivity contribution < 1.29 is 22.1 Å². The van der Waals surface area contributed by atoms with Crippen molar-refractivity contribution >= 4 is 15.7 Å². The molecule has 1 fully saturated rings. The fourth-order valence-electron chi connectivity index (χ4n) is 3.57. The van der Waals surface area contributed by atoms with Crippen molar-refractivity contribution in [2.75, 3.05) is 11.5 Å². The first kappa shape index (κ1) is 20.3. The van der Waals surface area contributed by atoms with Crippen LogP contribution in [0.2, 0.25) is 0 Å². The van der Waals surface area contributed by atoms with E-state index in [0.29, 0.717) is 17.5 Å². The van der Waals surface area contributed by atoms with Gasteiger partial charge >= 0.3 is 0 Å². The van der Waals surface area contributed by atoms with Gasteiger partial charge in [-0.3, -0.25) is 4.79 Å². The van der Waals surface area contributed by atoms with Gasteiger partial charge in [-0.25, -0.2) is 12.8 Å². The van der Waals surface area contributed by atoms with E-state index in [4.69, 9.17) is 4.52 Å². The Morgan fingerprint density at radius 2 is 1.97 bits per heavy atom. The molecule has 2 heterocycles. The third-order valence-corrected chi connectivity index (χ3v) is 7.04. The lowest BCUT2D eigenvalue weighted by Gasteiger charge is -2.27. The van der Waals surface area contributed by atoms with E-state index in [9.17, 15) is 17.6 Å². The molecule has 0 bridgehead atoms. The number of nitrogens with zero attached hydrogens (tertiary/aromatic N) is 2. The number of carbonyl (C=O) groups is 1. The largest absolute Gasteiger partial charge is 0.355 e. The summed E-state index contributed by atoms with van der Waals surface area (Å²) in [6, 6.07) is 15.1. The molecule has 1 aromatic heterocycles. The minimum Gasteiger partial charge on any atom is -0.355 e. The van der Waals surface area contributed by atoms with Gasteiger partial charge in [0.15, 0.2) is 21.3 Å². The molecule has 0 spiro atoms. The Morgan fingerprint density at radius 3 is 2.63 bits per heavy atom. The lowest BCUT2D eigenvalue weighted by atomic mass is 10.1. The topological polar surface area (TPSA) is 80.5 Å². The zero-order valence-corrected chi connectivity index (χ0v) is 17.2. The summed E-state index contributed by atoms with van der Waals surface area (Å²) >= 11 is 0. The van der Waals surface area contributed by atoms with E-state index in [0.717, 1.165) is 5.56 Å². The molecule has 3 aromatic rings. The van der Waals surface area contributed by atoms with E-state index in [1.54, 1.807) is 19.1 Å². The van der Waals surface area contributed by atoms with Crippen LogP contribution in [0.3, 0.4) is 0 Å². The summed E-state index contributed by atoms with van der Waals surface area (Å²) in [6.45, 7) is 1.92. The Hall–Kier alpha value is -3.00. The second-order valence-electron chi connectivity index (χ2n) is 7.52. The molecule has 6 nitrogen and oxygen atoms in total. The molecule has 30 heavy (non-hydrogen) atoms. The minimum absolute atomic E-state index is 0.0585. The van der Waals surface area contributed by atoms with Gasteiger partial charge in [0.25, 0.3) is 5.91 Å². The first-order valence-electron chi connectivity index (χ1n) is 9.61. The Kier molecular flexibility index (Phi) is 5.42. The second kappa shape index (κ2) is 8.02. The quantitative estimate of drug-likeness (QED) is 0.620. The van der Waals surface area contributed by atoms with Gasteiger partial charge in [0.2, 0.25) is 0 Å². The number of hydrogen-bond donors (Lipinski definition) is 0. The number of sulfone groups is 1. The average molecular weight is 428 g/mol. The highest BCUT2D eigenvalue weighted by molar-refractivity contribution is 7.91. The number of hydrogen-bond acceptors (Lipinski definition) is 5. The van der Waals surface area contributed by atoms with Crippen molar-refractivity contribution in [2.45, 2.75) is 25.9 Å². The average Bonchev–Trinajstić information content (AvgIpc) is 3.35. The number of rotatable bonds is 5. The van der Waals surface area contributed by atoms with Crippen molar-refractivity contribution in [2.24, 2.45) is 0 Å². The Morgan fingerprint density at radius 1 is 1.20 bits per heavy atom. The first-order valence-corrected chi connectivity index (χ1v) is 11.4. The van der Waals surface area contributed by atoms with Gasteiger partial charge in [-0.05, 0) is 30.5 Å². The lowest BCUT2D eigenvalue weighted by molar-refractivity contribution is 0.0670. The molecule has 1 aliphatic heterocycles. The van der Waals surface area contributed by atoms with E-state index < -0.39 is 21.8 Å². The van der Waals surface area contributed by atoms with Crippen molar-refractivity contribution in [3.8, 4) is 11.3 Å². The predicted octanol–water partition coefficient (Wildman–Crippen LogP) is 3.62. The fraction of sp³-hybridized carbons (Fsp3) is 0.273. The molecule has 1 atom stereocenters. The van der Waals surface area contributed by atoms with Crippen LogP contribution in [-0.2, 0) is 16.4 Å². The van der Waals surface area contributed by atoms with Crippen LogP contribution in [0.1, 0.15) is 28.0 Å². The molecule has 4 rings (SSSR count). The normalized spacial score (nSPS) is 17.7. The lowest BCUT2D eigenvalue weighted by Crippen LogP contribution is -2.40. The first-order chi connectivity index (χ1) is 14.3. The van der Waals surface area contributed by atoms with Crippen LogP contribution < -0.4 is 0 Å². The maximum Gasteiger partial charge on any atom is 0.276 e. The monoisotopic (exact) mass is 428 g/mol. The molecule has 2 aromatic carbocycles. The predicted molar refractivity (Wildman–Crippen MR) is 110 cm³/mol. The summed E-state index contributed by atoms with van der Waals surface area (Å²) in [4.78, 5) is 14.8. The number of aryl methyl sites for hydroxylation is 1. The highest BCUT2D eigenvalue weighted by Crippen LogP contribution is 2.26. The van der Waals surface area contributed by atoms with Crippen molar-refractivity contribution in [1.82, 2.24) is 10.1 Å². The number of halogens is 1. The van der Waals surface area contributed by atoms with Crippen LogP contribution in [-0.4, -0.2) is 41.9 Å². The summed E-state index contributed by atoms with van der Waals surface area (Å²) in [7, 11) is -3.17. The van der Waals surface area contributed by atoms with Crippen LogP contribution in [0.4, 0.5) is 4.39 Å². The Bertz CT molecular complexity index is 1170. The number of aromatic nitrogens is 1. The zero-order chi connectivity index (χ0) is 21.3. The third kappa shape index (κ3) is 4.28. The Labute approximate surface area is 174 Å². The van der Waals surface area contributed by atoms with Crippen molar-refractivity contribution in [3.63, 3.8) is 0 Å². The molecular formula is C22H21FN2O4S. The zero-order valence-electron chi connectivity index (χ0n) is 16.4. The molecule has 1 unspecified atom stereocenters. The molecule has 0 aliphatic carbocycles. The van der Waals surface area contributed by atoms with Gasteiger partial charge < -0.3 is 9.42 Å². The number of benzene rings is 2. The van der Waals surface area contributed by atoms with Crippen LogP contribution in [0.5, 0.6) is 0 Å². The molecule has 0 radical (unpaired) electrons. The minimum atomic E-state index is -3.17. The maximum atomic E-state index is 13.9.